The van der Waals surface area contributed by atoms with E-state index in [-0.39, 0.29) is 12.4 Å². The van der Waals surface area contributed by atoms with Crippen molar-refractivity contribution < 1.29 is 4.39 Å². The molecule has 0 amide bonds. The summed E-state index contributed by atoms with van der Waals surface area (Å²) < 4.78 is 13.6. The average molecular weight is 256 g/mol. The number of nitrogens with two attached hydrogens (primary N) is 1. The number of hydrogen-bond acceptors (Lipinski definition) is 3. The highest BCUT2D eigenvalue weighted by atomic mass is 32.2. The zero-order chi connectivity index (χ0) is 12.8. The second kappa shape index (κ2) is 6.87. The number of hydrogen-bond donors (Lipinski definition) is 1. The summed E-state index contributed by atoms with van der Waals surface area (Å²) in [5, 5.41) is 0. The van der Waals surface area contributed by atoms with Crippen LogP contribution in [0.5, 0.6) is 0 Å². The lowest BCUT2D eigenvalue weighted by Crippen LogP contribution is -2.29. The maximum absolute atomic E-state index is 13.6. The van der Waals surface area contributed by atoms with Crippen molar-refractivity contribution in [3.05, 3.63) is 29.6 Å². The van der Waals surface area contributed by atoms with Gasteiger partial charge >= 0.3 is 0 Å². The molecule has 2 N–H and O–H groups in total. The van der Waals surface area contributed by atoms with Crippen LogP contribution in [0.15, 0.2) is 18.2 Å². The molecule has 0 aliphatic heterocycles. The van der Waals surface area contributed by atoms with Gasteiger partial charge in [0.2, 0.25) is 0 Å². The van der Waals surface area contributed by atoms with Gasteiger partial charge in [0.1, 0.15) is 5.82 Å². The van der Waals surface area contributed by atoms with Crippen molar-refractivity contribution >= 4 is 17.4 Å². The van der Waals surface area contributed by atoms with Crippen molar-refractivity contribution in [1.82, 2.24) is 0 Å². The lowest BCUT2D eigenvalue weighted by Gasteiger charge is -2.27. The molecule has 0 spiro atoms. The van der Waals surface area contributed by atoms with E-state index in [4.69, 9.17) is 5.73 Å². The standard InChI is InChI=1S/C13H21FN2S/c1-10(6-7-17-3)16(2)12-5-4-11(9-15)13(14)8-12/h4-5,8,10H,6-7,9,15H2,1-3H3. The highest BCUT2D eigenvalue weighted by Gasteiger charge is 2.11. The van der Waals surface area contributed by atoms with Crippen LogP contribution in [-0.2, 0) is 6.54 Å². The van der Waals surface area contributed by atoms with E-state index in [1.807, 2.05) is 24.9 Å². The van der Waals surface area contributed by atoms with Gasteiger partial charge in [-0.15, -0.1) is 0 Å². The van der Waals surface area contributed by atoms with Crippen LogP contribution in [0, 0.1) is 5.82 Å². The average Bonchev–Trinajstić information content (AvgIpc) is 2.34. The Morgan fingerprint density at radius 2 is 2.18 bits per heavy atom. The summed E-state index contributed by atoms with van der Waals surface area (Å²) in [6, 6.07) is 5.67. The molecule has 0 aromatic heterocycles. The Bertz CT molecular complexity index is 357. The molecule has 1 rings (SSSR count). The van der Waals surface area contributed by atoms with Gasteiger partial charge in [0, 0.05) is 30.9 Å². The molecule has 0 bridgehead atoms. The van der Waals surface area contributed by atoms with E-state index in [2.05, 4.69) is 18.1 Å². The van der Waals surface area contributed by atoms with Crippen LogP contribution < -0.4 is 10.6 Å². The Labute approximate surface area is 107 Å². The van der Waals surface area contributed by atoms with Crippen molar-refractivity contribution in [3.63, 3.8) is 0 Å². The van der Waals surface area contributed by atoms with Gasteiger partial charge in [0.25, 0.3) is 0 Å². The first kappa shape index (κ1) is 14.3. The fraction of sp³-hybridized carbons (Fsp3) is 0.538. The molecule has 0 saturated carbocycles. The van der Waals surface area contributed by atoms with Crippen LogP contribution in [0.1, 0.15) is 18.9 Å². The maximum atomic E-state index is 13.6. The van der Waals surface area contributed by atoms with E-state index in [1.165, 1.54) is 0 Å². The predicted octanol–water partition coefficient (Wildman–Crippen LogP) is 2.86. The number of benzene rings is 1. The Morgan fingerprint density at radius 3 is 2.71 bits per heavy atom. The van der Waals surface area contributed by atoms with E-state index < -0.39 is 0 Å². The topological polar surface area (TPSA) is 29.3 Å². The molecular formula is C13H21FN2S. The molecule has 1 aromatic rings. The highest BCUT2D eigenvalue weighted by Crippen LogP contribution is 2.20. The molecule has 0 heterocycles. The van der Waals surface area contributed by atoms with Crippen LogP contribution in [-0.4, -0.2) is 25.1 Å². The monoisotopic (exact) mass is 256 g/mol. The summed E-state index contributed by atoms with van der Waals surface area (Å²) in [4.78, 5) is 2.11. The zero-order valence-corrected chi connectivity index (χ0v) is 11.6. The molecular weight excluding hydrogens is 235 g/mol. The van der Waals surface area contributed by atoms with Gasteiger partial charge in [-0.1, -0.05) is 6.07 Å². The predicted molar refractivity (Wildman–Crippen MR) is 75.2 cm³/mol. The van der Waals surface area contributed by atoms with Crippen LogP contribution >= 0.6 is 11.8 Å². The molecule has 0 aliphatic rings. The first-order valence-electron chi connectivity index (χ1n) is 5.80. The van der Waals surface area contributed by atoms with E-state index in [9.17, 15) is 4.39 Å². The van der Waals surface area contributed by atoms with Gasteiger partial charge in [0.15, 0.2) is 0 Å². The van der Waals surface area contributed by atoms with Crippen LogP contribution in [0.4, 0.5) is 10.1 Å². The molecule has 2 nitrogen and oxygen atoms in total. The normalized spacial score (nSPS) is 12.5. The lowest BCUT2D eigenvalue weighted by atomic mass is 10.1. The molecule has 1 atom stereocenters. The second-order valence-electron chi connectivity index (χ2n) is 4.22. The summed E-state index contributed by atoms with van der Waals surface area (Å²) in [6.45, 7) is 2.41. The Balaban J connectivity index is 2.74. The number of nitrogens with zero attached hydrogens (tertiary/aromatic N) is 1. The molecule has 1 unspecified atom stereocenters. The SMILES string of the molecule is CSCCC(C)N(C)c1ccc(CN)c(F)c1. The molecule has 17 heavy (non-hydrogen) atoms. The minimum Gasteiger partial charge on any atom is -0.372 e. The molecule has 0 radical (unpaired) electrons. The minimum atomic E-state index is -0.214. The van der Waals surface area contributed by atoms with E-state index in [0.29, 0.717) is 11.6 Å². The largest absolute Gasteiger partial charge is 0.372 e. The van der Waals surface area contributed by atoms with Gasteiger partial charge in [-0.05, 0) is 37.5 Å². The summed E-state index contributed by atoms with van der Waals surface area (Å²) in [6.07, 6.45) is 3.19. The molecule has 96 valence electrons. The Kier molecular flexibility index (Phi) is 5.78. The van der Waals surface area contributed by atoms with Crippen molar-refractivity contribution in [1.29, 1.82) is 0 Å². The van der Waals surface area contributed by atoms with Gasteiger partial charge < -0.3 is 10.6 Å². The zero-order valence-electron chi connectivity index (χ0n) is 10.7. The van der Waals surface area contributed by atoms with Gasteiger partial charge in [-0.25, -0.2) is 4.39 Å². The summed E-state index contributed by atoms with van der Waals surface area (Å²) in [5.41, 5.74) is 6.92. The molecule has 4 heteroatoms. The van der Waals surface area contributed by atoms with Crippen LogP contribution in [0.2, 0.25) is 0 Å². The Hall–Kier alpha value is -0.740. The number of thioether (sulfide) groups is 1. The van der Waals surface area contributed by atoms with Crippen molar-refractivity contribution in [2.75, 3.05) is 24.0 Å². The fourth-order valence-electron chi connectivity index (χ4n) is 1.66. The quantitative estimate of drug-likeness (QED) is 0.848. The molecule has 1 aromatic carbocycles. The first-order chi connectivity index (χ1) is 8.10. The smallest absolute Gasteiger partial charge is 0.129 e. The second-order valence-corrected chi connectivity index (χ2v) is 5.21. The number of anilines is 1. The van der Waals surface area contributed by atoms with Gasteiger partial charge in [-0.3, -0.25) is 0 Å². The van der Waals surface area contributed by atoms with Gasteiger partial charge in [-0.2, -0.15) is 11.8 Å². The number of halogens is 1. The van der Waals surface area contributed by atoms with Crippen LogP contribution in [0.25, 0.3) is 0 Å². The highest BCUT2D eigenvalue weighted by molar-refractivity contribution is 7.98. The van der Waals surface area contributed by atoms with Crippen molar-refractivity contribution in [3.8, 4) is 0 Å². The van der Waals surface area contributed by atoms with Crippen molar-refractivity contribution in [2.24, 2.45) is 5.73 Å². The fourth-order valence-corrected chi connectivity index (χ4v) is 2.23. The van der Waals surface area contributed by atoms with E-state index in [1.54, 1.807) is 12.1 Å². The van der Waals surface area contributed by atoms with E-state index >= 15 is 0 Å². The summed E-state index contributed by atoms with van der Waals surface area (Å²) in [5.74, 6) is 0.906. The third-order valence-corrected chi connectivity index (χ3v) is 3.71. The lowest BCUT2D eigenvalue weighted by molar-refractivity contribution is 0.606. The first-order valence-corrected chi connectivity index (χ1v) is 7.19. The molecule has 0 saturated heterocycles. The molecule has 0 fully saturated rings. The van der Waals surface area contributed by atoms with Gasteiger partial charge in [0.05, 0.1) is 0 Å². The number of rotatable bonds is 6. The van der Waals surface area contributed by atoms with Crippen molar-refractivity contribution in [2.45, 2.75) is 25.9 Å². The molecule has 0 aliphatic carbocycles. The third kappa shape index (κ3) is 3.89. The summed E-state index contributed by atoms with van der Waals surface area (Å²) in [7, 11) is 2.00. The van der Waals surface area contributed by atoms with Crippen LogP contribution in [0.3, 0.4) is 0 Å². The summed E-state index contributed by atoms with van der Waals surface area (Å²) >= 11 is 1.83. The third-order valence-electron chi connectivity index (χ3n) is 3.06. The van der Waals surface area contributed by atoms with E-state index in [0.717, 1.165) is 17.9 Å². The Morgan fingerprint density at radius 1 is 1.47 bits per heavy atom. The minimum absolute atomic E-state index is 0.214. The maximum Gasteiger partial charge on any atom is 0.129 e.